The lowest BCUT2D eigenvalue weighted by Gasteiger charge is -2.22. The van der Waals surface area contributed by atoms with Crippen LogP contribution in [0.1, 0.15) is 13.8 Å². The molecular weight excluding hydrogens is 236 g/mol. The minimum atomic E-state index is -0.886. The van der Waals surface area contributed by atoms with E-state index in [0.29, 0.717) is 10.8 Å². The number of nitrogens with zero attached hydrogens (tertiary/aromatic N) is 1. The Balaban J connectivity index is 4.64. The zero-order valence-corrected chi connectivity index (χ0v) is 10.4. The summed E-state index contributed by atoms with van der Waals surface area (Å²) in [6.45, 7) is 3.64. The van der Waals surface area contributed by atoms with E-state index in [2.05, 4.69) is 12.6 Å². The Hall–Kier alpha value is -0.400. The average Bonchev–Trinajstić information content (AvgIpc) is 2.22. The van der Waals surface area contributed by atoms with Crippen LogP contribution in [0, 0.1) is 0 Å². The third-order valence-corrected chi connectivity index (χ3v) is 3.64. The Morgan fingerprint density at radius 2 is 2.07 bits per heavy atom. The second kappa shape index (κ2) is 6.97. The van der Waals surface area contributed by atoms with Gasteiger partial charge in [-0.05, 0) is 12.7 Å². The Bertz CT molecular complexity index is 238. The lowest BCUT2D eigenvalue weighted by Crippen LogP contribution is -2.44. The van der Waals surface area contributed by atoms with Gasteiger partial charge in [0.2, 0.25) is 5.91 Å². The van der Waals surface area contributed by atoms with Crippen LogP contribution in [0.3, 0.4) is 0 Å². The van der Waals surface area contributed by atoms with E-state index in [1.807, 2.05) is 6.92 Å². The summed E-state index contributed by atoms with van der Waals surface area (Å²) >= 11 is 5.21. The Labute approximate surface area is 98.7 Å². The molecule has 15 heavy (non-hydrogen) atoms. The summed E-state index contributed by atoms with van der Waals surface area (Å²) in [5.41, 5.74) is 5.07. The number of thioether (sulfide) groups is 1. The first-order valence-electron chi connectivity index (χ1n) is 4.54. The van der Waals surface area contributed by atoms with Crippen LogP contribution in [-0.2, 0) is 9.59 Å². The molecule has 0 rings (SSSR count). The maximum absolute atomic E-state index is 11.6. The van der Waals surface area contributed by atoms with Gasteiger partial charge >= 0.3 is 0 Å². The van der Waals surface area contributed by atoms with Crippen molar-refractivity contribution in [3.63, 3.8) is 0 Å². The van der Waals surface area contributed by atoms with Crippen molar-refractivity contribution in [1.29, 1.82) is 0 Å². The number of carbonyl (C=O) groups is 2. The van der Waals surface area contributed by atoms with Crippen molar-refractivity contribution in [2.75, 3.05) is 12.3 Å². The van der Waals surface area contributed by atoms with Gasteiger partial charge in [0.15, 0.2) is 0 Å². The maximum Gasteiger partial charge on any atom is 0.260 e. The number of amides is 2. The SMILES string of the molecule is CCSC(C(=O)N(O)CC)C(S)C(N)=O. The predicted molar refractivity (Wildman–Crippen MR) is 63.1 cm³/mol. The van der Waals surface area contributed by atoms with Crippen LogP contribution in [-0.4, -0.2) is 44.9 Å². The van der Waals surface area contributed by atoms with E-state index < -0.39 is 22.3 Å². The zero-order valence-electron chi connectivity index (χ0n) is 8.71. The van der Waals surface area contributed by atoms with Crippen LogP contribution >= 0.6 is 24.4 Å². The molecule has 2 unspecified atom stereocenters. The van der Waals surface area contributed by atoms with Gasteiger partial charge in [-0.25, -0.2) is 5.06 Å². The van der Waals surface area contributed by atoms with E-state index in [9.17, 15) is 14.8 Å². The van der Waals surface area contributed by atoms with Crippen molar-refractivity contribution >= 4 is 36.2 Å². The highest BCUT2D eigenvalue weighted by molar-refractivity contribution is 8.01. The molecule has 88 valence electrons. The molecule has 3 N–H and O–H groups in total. The van der Waals surface area contributed by atoms with E-state index in [0.717, 1.165) is 0 Å². The van der Waals surface area contributed by atoms with Gasteiger partial charge in [0.05, 0.1) is 0 Å². The minimum absolute atomic E-state index is 0.166. The summed E-state index contributed by atoms with van der Waals surface area (Å²) in [7, 11) is 0. The van der Waals surface area contributed by atoms with Crippen LogP contribution in [0.25, 0.3) is 0 Å². The number of rotatable bonds is 6. The molecule has 2 amide bonds. The quantitative estimate of drug-likeness (QED) is 0.356. The summed E-state index contributed by atoms with van der Waals surface area (Å²) in [6, 6.07) is 0. The summed E-state index contributed by atoms with van der Waals surface area (Å²) in [5, 5.41) is 8.19. The second-order valence-electron chi connectivity index (χ2n) is 2.78. The van der Waals surface area contributed by atoms with Gasteiger partial charge in [0.1, 0.15) is 10.5 Å². The van der Waals surface area contributed by atoms with Crippen LogP contribution in [0.5, 0.6) is 0 Å². The number of primary amides is 1. The predicted octanol–water partition coefficient (Wildman–Crippen LogP) is 0.129. The molecule has 0 aromatic rings. The van der Waals surface area contributed by atoms with Crippen LogP contribution in [0.15, 0.2) is 0 Å². The highest BCUT2D eigenvalue weighted by atomic mass is 32.2. The molecular formula is C8H16N2O3S2. The van der Waals surface area contributed by atoms with Crippen molar-refractivity contribution in [3.05, 3.63) is 0 Å². The monoisotopic (exact) mass is 252 g/mol. The van der Waals surface area contributed by atoms with Gasteiger partial charge in [0, 0.05) is 6.54 Å². The van der Waals surface area contributed by atoms with E-state index in [1.54, 1.807) is 6.92 Å². The lowest BCUT2D eigenvalue weighted by molar-refractivity contribution is -0.163. The molecule has 0 radical (unpaired) electrons. The number of thiol groups is 1. The van der Waals surface area contributed by atoms with Gasteiger partial charge in [-0.2, -0.15) is 12.6 Å². The Kier molecular flexibility index (Phi) is 6.78. The Morgan fingerprint density at radius 3 is 2.40 bits per heavy atom. The molecule has 5 nitrogen and oxygen atoms in total. The van der Waals surface area contributed by atoms with Crippen molar-refractivity contribution in [1.82, 2.24) is 5.06 Å². The van der Waals surface area contributed by atoms with E-state index >= 15 is 0 Å². The van der Waals surface area contributed by atoms with Crippen LogP contribution < -0.4 is 5.73 Å². The number of hydrogen-bond acceptors (Lipinski definition) is 5. The fraction of sp³-hybridized carbons (Fsp3) is 0.750. The van der Waals surface area contributed by atoms with Crippen molar-refractivity contribution < 1.29 is 14.8 Å². The molecule has 0 spiro atoms. The molecule has 0 heterocycles. The lowest BCUT2D eigenvalue weighted by atomic mass is 10.2. The molecule has 0 aromatic carbocycles. The molecule has 0 fully saturated rings. The molecule has 0 bridgehead atoms. The molecule has 7 heteroatoms. The normalized spacial score (nSPS) is 14.4. The van der Waals surface area contributed by atoms with Gasteiger partial charge in [-0.15, -0.1) is 11.8 Å². The largest absolute Gasteiger partial charge is 0.369 e. The van der Waals surface area contributed by atoms with Crippen molar-refractivity contribution in [2.45, 2.75) is 24.3 Å². The number of nitrogens with two attached hydrogens (primary N) is 1. The molecule has 0 saturated heterocycles. The summed E-state index contributed by atoms with van der Waals surface area (Å²) in [5.74, 6) is -0.566. The smallest absolute Gasteiger partial charge is 0.260 e. The molecule has 0 aliphatic rings. The average molecular weight is 252 g/mol. The molecule has 0 aliphatic carbocycles. The summed E-state index contributed by atoms with van der Waals surface area (Å²) < 4.78 is 0. The van der Waals surface area contributed by atoms with Crippen molar-refractivity contribution in [3.8, 4) is 0 Å². The standard InChI is InChI=1S/C8H16N2O3S2/c1-3-10(13)8(12)6(15-4-2)5(14)7(9)11/h5-6,13-14H,3-4H2,1-2H3,(H2,9,11). The maximum atomic E-state index is 11.6. The van der Waals surface area contributed by atoms with Gasteiger partial charge < -0.3 is 5.73 Å². The third-order valence-electron chi connectivity index (χ3n) is 1.72. The first-order valence-corrected chi connectivity index (χ1v) is 6.11. The molecule has 0 saturated carbocycles. The minimum Gasteiger partial charge on any atom is -0.369 e. The van der Waals surface area contributed by atoms with Gasteiger partial charge in [-0.1, -0.05) is 6.92 Å². The van der Waals surface area contributed by atoms with Gasteiger partial charge in [0.25, 0.3) is 5.91 Å². The number of carbonyl (C=O) groups excluding carboxylic acids is 2. The molecule has 2 atom stereocenters. The third kappa shape index (κ3) is 4.31. The Morgan fingerprint density at radius 1 is 1.53 bits per heavy atom. The number of hydrogen-bond donors (Lipinski definition) is 3. The molecule has 0 aromatic heterocycles. The highest BCUT2D eigenvalue weighted by Crippen LogP contribution is 2.20. The zero-order chi connectivity index (χ0) is 12.0. The summed E-state index contributed by atoms with van der Waals surface area (Å²) in [6.07, 6.45) is 0. The first kappa shape index (κ1) is 14.6. The molecule has 0 aliphatic heterocycles. The fourth-order valence-corrected chi connectivity index (χ4v) is 2.25. The first-order chi connectivity index (χ1) is 6.95. The fourth-order valence-electron chi connectivity index (χ4n) is 0.929. The van der Waals surface area contributed by atoms with E-state index in [1.165, 1.54) is 11.8 Å². The van der Waals surface area contributed by atoms with Crippen LogP contribution in [0.2, 0.25) is 0 Å². The van der Waals surface area contributed by atoms with Gasteiger partial charge in [-0.3, -0.25) is 14.8 Å². The summed E-state index contributed by atoms with van der Waals surface area (Å²) in [4.78, 5) is 22.5. The van der Waals surface area contributed by atoms with E-state index in [-0.39, 0.29) is 6.54 Å². The topological polar surface area (TPSA) is 83.6 Å². The van der Waals surface area contributed by atoms with Crippen LogP contribution in [0.4, 0.5) is 0 Å². The second-order valence-corrected chi connectivity index (χ2v) is 4.75. The highest BCUT2D eigenvalue weighted by Gasteiger charge is 2.32. The van der Waals surface area contributed by atoms with Crippen molar-refractivity contribution in [2.24, 2.45) is 5.73 Å². The van der Waals surface area contributed by atoms with E-state index in [4.69, 9.17) is 5.73 Å². The number of hydroxylamine groups is 2.